The van der Waals surface area contributed by atoms with Crippen LogP contribution in [0, 0.1) is 13.8 Å². The number of nitrogens with zero attached hydrogens (tertiary/aromatic N) is 1. The minimum absolute atomic E-state index is 0.00273. The van der Waals surface area contributed by atoms with Gasteiger partial charge in [-0.1, -0.05) is 57.7 Å². The molecule has 7 heteroatoms. The quantitative estimate of drug-likeness (QED) is 0.354. The molecular formula is C28H47N3O4. The molecule has 35 heavy (non-hydrogen) atoms. The maximum absolute atomic E-state index is 13.6. The first-order valence-corrected chi connectivity index (χ1v) is 13.0. The van der Waals surface area contributed by atoms with E-state index in [0.29, 0.717) is 6.54 Å². The van der Waals surface area contributed by atoms with E-state index in [4.69, 9.17) is 4.74 Å². The van der Waals surface area contributed by atoms with E-state index >= 15 is 0 Å². The first-order chi connectivity index (χ1) is 16.4. The number of amides is 3. The van der Waals surface area contributed by atoms with Crippen LogP contribution in [0.4, 0.5) is 4.79 Å². The minimum atomic E-state index is -0.774. The number of ether oxygens (including phenoxy) is 1. The van der Waals surface area contributed by atoms with Gasteiger partial charge in [-0.3, -0.25) is 9.59 Å². The molecule has 0 saturated heterocycles. The Morgan fingerprint density at radius 2 is 1.71 bits per heavy atom. The van der Waals surface area contributed by atoms with Crippen molar-refractivity contribution in [3.05, 3.63) is 34.9 Å². The highest BCUT2D eigenvalue weighted by atomic mass is 16.6. The molecule has 0 heterocycles. The second kappa shape index (κ2) is 14.7. The van der Waals surface area contributed by atoms with Gasteiger partial charge in [0.25, 0.3) is 0 Å². The Kier molecular flexibility index (Phi) is 12.8. The number of hydrogen-bond donors (Lipinski definition) is 2. The molecule has 0 aliphatic heterocycles. The summed E-state index contributed by atoms with van der Waals surface area (Å²) in [5.74, 6) is -0.502. The number of carbonyl (C=O) groups is 3. The van der Waals surface area contributed by atoms with E-state index in [1.54, 1.807) is 25.7 Å². The number of alkyl carbamates (subject to hydrolysis) is 1. The van der Waals surface area contributed by atoms with E-state index in [-0.39, 0.29) is 24.4 Å². The third-order valence-corrected chi connectivity index (χ3v) is 5.97. The van der Waals surface area contributed by atoms with Crippen molar-refractivity contribution < 1.29 is 19.1 Å². The molecule has 0 fully saturated rings. The first-order valence-electron chi connectivity index (χ1n) is 13.0. The molecule has 2 atom stereocenters. The van der Waals surface area contributed by atoms with Crippen molar-refractivity contribution in [2.24, 2.45) is 0 Å². The molecule has 198 valence electrons. The smallest absolute Gasteiger partial charge is 0.408 e. The van der Waals surface area contributed by atoms with E-state index in [1.807, 2.05) is 39.0 Å². The number of hydrogen-bond acceptors (Lipinski definition) is 4. The topological polar surface area (TPSA) is 87.7 Å². The largest absolute Gasteiger partial charge is 0.444 e. The molecule has 3 amide bonds. The summed E-state index contributed by atoms with van der Waals surface area (Å²) < 4.78 is 5.29. The van der Waals surface area contributed by atoms with Gasteiger partial charge in [0, 0.05) is 12.6 Å². The predicted octanol–water partition coefficient (Wildman–Crippen LogP) is 5.58. The first kappa shape index (κ1) is 30.5. The Labute approximate surface area is 212 Å². The Hall–Kier alpha value is -2.57. The average molecular weight is 490 g/mol. The number of carbonyl (C=O) groups excluding carboxylic acids is 3. The van der Waals surface area contributed by atoms with Gasteiger partial charge in [0.05, 0.1) is 0 Å². The van der Waals surface area contributed by atoms with Crippen molar-refractivity contribution in [2.75, 3.05) is 13.1 Å². The molecule has 1 aromatic rings. The van der Waals surface area contributed by atoms with Gasteiger partial charge in [0.15, 0.2) is 0 Å². The number of unbranched alkanes of at least 4 members (excludes halogenated alkanes) is 3. The lowest BCUT2D eigenvalue weighted by molar-refractivity contribution is -0.140. The van der Waals surface area contributed by atoms with Crippen LogP contribution in [-0.4, -0.2) is 47.5 Å². The van der Waals surface area contributed by atoms with Gasteiger partial charge >= 0.3 is 6.09 Å². The molecule has 0 aromatic heterocycles. The van der Waals surface area contributed by atoms with Gasteiger partial charge in [0.2, 0.25) is 11.8 Å². The maximum Gasteiger partial charge on any atom is 0.408 e. The third kappa shape index (κ3) is 10.7. The highest BCUT2D eigenvalue weighted by molar-refractivity contribution is 5.90. The summed E-state index contributed by atoms with van der Waals surface area (Å²) in [7, 11) is 0. The third-order valence-electron chi connectivity index (χ3n) is 5.97. The summed E-state index contributed by atoms with van der Waals surface area (Å²) in [4.78, 5) is 40.9. The van der Waals surface area contributed by atoms with Crippen LogP contribution in [0.2, 0.25) is 0 Å². The Morgan fingerprint density at radius 1 is 1.03 bits per heavy atom. The number of nitrogens with one attached hydrogen (secondary N) is 2. The fraction of sp³-hybridized carbons (Fsp3) is 0.679. The molecule has 2 N–H and O–H groups in total. The van der Waals surface area contributed by atoms with Gasteiger partial charge in [-0.25, -0.2) is 4.79 Å². The normalized spacial score (nSPS) is 13.0. The van der Waals surface area contributed by atoms with Crippen LogP contribution < -0.4 is 10.6 Å². The highest BCUT2D eigenvalue weighted by Crippen LogP contribution is 2.27. The summed E-state index contributed by atoms with van der Waals surface area (Å²) in [6.07, 6.45) is 5.04. The van der Waals surface area contributed by atoms with E-state index in [1.165, 1.54) is 0 Å². The zero-order valence-electron chi connectivity index (χ0n) is 23.1. The molecule has 0 bridgehead atoms. The average Bonchev–Trinajstić information content (AvgIpc) is 2.75. The van der Waals surface area contributed by atoms with Crippen molar-refractivity contribution in [1.82, 2.24) is 15.5 Å². The second-order valence-corrected chi connectivity index (χ2v) is 10.4. The van der Waals surface area contributed by atoms with Gasteiger partial charge in [0.1, 0.15) is 18.2 Å². The van der Waals surface area contributed by atoms with Gasteiger partial charge in [-0.15, -0.1) is 0 Å². The van der Waals surface area contributed by atoms with Crippen LogP contribution in [0.1, 0.15) is 103 Å². The Morgan fingerprint density at radius 3 is 2.31 bits per heavy atom. The number of aryl methyl sites for hydroxylation is 1. The molecule has 0 aliphatic rings. The second-order valence-electron chi connectivity index (χ2n) is 10.4. The number of rotatable bonds is 13. The van der Waals surface area contributed by atoms with E-state index < -0.39 is 17.7 Å². The molecule has 0 saturated carbocycles. The van der Waals surface area contributed by atoms with E-state index in [0.717, 1.165) is 55.2 Å². The molecule has 7 nitrogen and oxygen atoms in total. The summed E-state index contributed by atoms with van der Waals surface area (Å²) >= 11 is 0. The zero-order chi connectivity index (χ0) is 26.6. The molecule has 0 aliphatic carbocycles. The van der Waals surface area contributed by atoms with Crippen molar-refractivity contribution in [1.29, 1.82) is 0 Å². The van der Waals surface area contributed by atoms with E-state index in [9.17, 15) is 14.4 Å². The predicted molar refractivity (Wildman–Crippen MR) is 141 cm³/mol. The van der Waals surface area contributed by atoms with Crippen LogP contribution in [0.15, 0.2) is 18.2 Å². The lowest BCUT2D eigenvalue weighted by Crippen LogP contribution is -2.49. The SMILES string of the molecule is CCCCCCN(C(=O)CNC(=O)OC(C)(C)C)C(C(=O)NC(C)CCC)c1cccc(C)c1C. The highest BCUT2D eigenvalue weighted by Gasteiger charge is 2.33. The standard InChI is InChI=1S/C28H47N3O4/c1-9-11-12-13-18-31(24(32)19-29-27(34)35-28(6,7)8)25(26(33)30-21(4)15-10-2)23-17-14-16-20(3)22(23)5/h14,16-17,21,25H,9-13,15,18-19H2,1-8H3,(H,29,34)(H,30,33). The van der Waals surface area contributed by atoms with Crippen LogP contribution in [0.3, 0.4) is 0 Å². The molecule has 0 spiro atoms. The summed E-state index contributed by atoms with van der Waals surface area (Å²) in [5.41, 5.74) is 2.20. The van der Waals surface area contributed by atoms with Crippen LogP contribution in [-0.2, 0) is 14.3 Å². The fourth-order valence-electron chi connectivity index (χ4n) is 4.02. The minimum Gasteiger partial charge on any atom is -0.444 e. The molecule has 0 radical (unpaired) electrons. The Bertz CT molecular complexity index is 832. The van der Waals surface area contributed by atoms with Gasteiger partial charge in [-0.2, -0.15) is 0 Å². The van der Waals surface area contributed by atoms with Crippen LogP contribution in [0.25, 0.3) is 0 Å². The van der Waals surface area contributed by atoms with Crippen LogP contribution in [0.5, 0.6) is 0 Å². The number of benzene rings is 1. The lowest BCUT2D eigenvalue weighted by atomic mass is 9.95. The van der Waals surface area contributed by atoms with Crippen molar-refractivity contribution in [3.63, 3.8) is 0 Å². The summed E-state index contributed by atoms with van der Waals surface area (Å²) in [6, 6.07) is 5.07. The molecule has 2 unspecified atom stereocenters. The van der Waals surface area contributed by atoms with Gasteiger partial charge < -0.3 is 20.3 Å². The molecule has 1 rings (SSSR count). The Balaban J connectivity index is 3.30. The van der Waals surface area contributed by atoms with E-state index in [2.05, 4.69) is 24.5 Å². The van der Waals surface area contributed by atoms with Gasteiger partial charge in [-0.05, 0) is 71.1 Å². The van der Waals surface area contributed by atoms with Crippen molar-refractivity contribution in [3.8, 4) is 0 Å². The summed E-state index contributed by atoms with van der Waals surface area (Å²) in [6.45, 7) is 15.7. The van der Waals surface area contributed by atoms with Crippen molar-refractivity contribution >= 4 is 17.9 Å². The molecule has 1 aromatic carbocycles. The monoisotopic (exact) mass is 489 g/mol. The van der Waals surface area contributed by atoms with Crippen LogP contribution >= 0.6 is 0 Å². The summed E-state index contributed by atoms with van der Waals surface area (Å²) in [5, 5.41) is 5.68. The lowest BCUT2D eigenvalue weighted by Gasteiger charge is -2.33. The van der Waals surface area contributed by atoms with Crippen molar-refractivity contribution in [2.45, 2.75) is 112 Å². The fourth-order valence-corrected chi connectivity index (χ4v) is 4.02. The molecular weight excluding hydrogens is 442 g/mol. The maximum atomic E-state index is 13.6. The zero-order valence-corrected chi connectivity index (χ0v) is 23.1.